The van der Waals surface area contributed by atoms with Gasteiger partial charge in [0.05, 0.1) is 22.9 Å². The van der Waals surface area contributed by atoms with Crippen LogP contribution in [0.25, 0.3) is 22.3 Å². The number of fused-ring (bicyclic) bond motifs is 1. The maximum Gasteiger partial charge on any atom is 0.0916 e. The highest BCUT2D eigenvalue weighted by Gasteiger charge is 2.03. The van der Waals surface area contributed by atoms with Crippen molar-refractivity contribution in [2.24, 2.45) is 0 Å². The molecule has 0 saturated heterocycles. The predicted molar refractivity (Wildman–Crippen MR) is 69.7 cm³/mol. The van der Waals surface area contributed by atoms with Crippen LogP contribution < -0.4 is 0 Å². The molecule has 0 radical (unpaired) electrons. The van der Waals surface area contributed by atoms with Gasteiger partial charge < -0.3 is 0 Å². The van der Waals surface area contributed by atoms with E-state index in [1.54, 1.807) is 0 Å². The van der Waals surface area contributed by atoms with E-state index in [9.17, 15) is 0 Å². The van der Waals surface area contributed by atoms with Gasteiger partial charge in [-0.2, -0.15) is 0 Å². The Morgan fingerprint density at radius 3 is 2.53 bits per heavy atom. The highest BCUT2D eigenvalue weighted by Crippen LogP contribution is 2.20. The van der Waals surface area contributed by atoms with Gasteiger partial charge in [-0.3, -0.25) is 4.98 Å². The first kappa shape index (κ1) is 9.97. The second-order valence-electron chi connectivity index (χ2n) is 4.06. The van der Waals surface area contributed by atoms with Crippen molar-refractivity contribution in [3.63, 3.8) is 0 Å². The maximum atomic E-state index is 4.64. The van der Waals surface area contributed by atoms with Crippen LogP contribution in [0, 0.1) is 6.92 Å². The number of hydrogen-bond acceptors (Lipinski definition) is 2. The van der Waals surface area contributed by atoms with Crippen LogP contribution in [0.4, 0.5) is 0 Å². The molecule has 0 aliphatic rings. The number of rotatable bonds is 1. The van der Waals surface area contributed by atoms with E-state index in [2.05, 4.69) is 23.0 Å². The van der Waals surface area contributed by atoms with Crippen LogP contribution in [-0.2, 0) is 0 Å². The number of benzene rings is 2. The zero-order chi connectivity index (χ0) is 11.7. The van der Waals surface area contributed by atoms with Gasteiger partial charge in [-0.25, -0.2) is 4.98 Å². The van der Waals surface area contributed by atoms with Crippen molar-refractivity contribution in [3.8, 4) is 11.3 Å². The van der Waals surface area contributed by atoms with Gasteiger partial charge in [0.25, 0.3) is 0 Å². The first-order chi connectivity index (χ1) is 8.34. The fourth-order valence-corrected chi connectivity index (χ4v) is 1.93. The van der Waals surface area contributed by atoms with Crippen molar-refractivity contribution >= 4 is 11.0 Å². The summed E-state index contributed by atoms with van der Waals surface area (Å²) in [7, 11) is 0. The first-order valence-electron chi connectivity index (χ1n) is 5.62. The molecule has 2 heteroatoms. The molecule has 0 spiro atoms. The van der Waals surface area contributed by atoms with Crippen molar-refractivity contribution in [1.29, 1.82) is 0 Å². The third-order valence-electron chi connectivity index (χ3n) is 2.84. The topological polar surface area (TPSA) is 25.8 Å². The summed E-state index contributed by atoms with van der Waals surface area (Å²) < 4.78 is 0. The van der Waals surface area contributed by atoms with Crippen molar-refractivity contribution in [2.75, 3.05) is 0 Å². The minimum atomic E-state index is 0.920. The minimum absolute atomic E-state index is 0.920. The highest BCUT2D eigenvalue weighted by molar-refractivity contribution is 5.79. The molecule has 0 amide bonds. The average Bonchev–Trinajstić information content (AvgIpc) is 2.40. The highest BCUT2D eigenvalue weighted by atomic mass is 14.8. The lowest BCUT2D eigenvalue weighted by Crippen LogP contribution is -1.90. The molecule has 1 aromatic heterocycles. The SMILES string of the molecule is Cc1cccc2nc(-c3ccccc3)cnc12. The zero-order valence-corrected chi connectivity index (χ0v) is 9.59. The quantitative estimate of drug-likeness (QED) is 0.626. The fourth-order valence-electron chi connectivity index (χ4n) is 1.93. The molecule has 82 valence electrons. The zero-order valence-electron chi connectivity index (χ0n) is 9.59. The number of nitrogens with zero attached hydrogens (tertiary/aromatic N) is 2. The summed E-state index contributed by atoms with van der Waals surface area (Å²) in [5.41, 5.74) is 5.11. The van der Waals surface area contributed by atoms with Gasteiger partial charge in [-0.05, 0) is 18.6 Å². The van der Waals surface area contributed by atoms with Crippen molar-refractivity contribution < 1.29 is 0 Å². The lowest BCUT2D eigenvalue weighted by Gasteiger charge is -2.03. The standard InChI is InChI=1S/C15H12N2/c1-11-6-5-9-13-15(11)16-10-14(17-13)12-7-3-2-4-8-12/h2-10H,1H3. The number of hydrogen-bond donors (Lipinski definition) is 0. The maximum absolute atomic E-state index is 4.64. The average molecular weight is 220 g/mol. The van der Waals surface area contributed by atoms with E-state index in [-0.39, 0.29) is 0 Å². The van der Waals surface area contributed by atoms with E-state index >= 15 is 0 Å². The van der Waals surface area contributed by atoms with Gasteiger partial charge in [0.15, 0.2) is 0 Å². The molecule has 0 aliphatic carbocycles. The van der Waals surface area contributed by atoms with Crippen molar-refractivity contribution in [3.05, 3.63) is 60.3 Å². The van der Waals surface area contributed by atoms with Gasteiger partial charge >= 0.3 is 0 Å². The smallest absolute Gasteiger partial charge is 0.0916 e. The summed E-state index contributed by atoms with van der Waals surface area (Å²) >= 11 is 0. The summed E-state index contributed by atoms with van der Waals surface area (Å²) in [6.45, 7) is 2.05. The molecule has 2 aromatic carbocycles. The molecule has 3 aromatic rings. The molecule has 2 nitrogen and oxygen atoms in total. The summed E-state index contributed by atoms with van der Waals surface area (Å²) in [5, 5.41) is 0. The van der Waals surface area contributed by atoms with Crippen LogP contribution in [0.5, 0.6) is 0 Å². The second kappa shape index (κ2) is 3.98. The lowest BCUT2D eigenvalue weighted by molar-refractivity contribution is 1.27. The molecule has 3 rings (SSSR count). The van der Waals surface area contributed by atoms with Crippen molar-refractivity contribution in [1.82, 2.24) is 9.97 Å². The van der Waals surface area contributed by atoms with Crippen LogP contribution >= 0.6 is 0 Å². The molecule has 0 N–H and O–H groups in total. The van der Waals surface area contributed by atoms with Gasteiger partial charge in [-0.15, -0.1) is 0 Å². The molecule has 0 atom stereocenters. The molecule has 17 heavy (non-hydrogen) atoms. The summed E-state index contributed by atoms with van der Waals surface area (Å²) in [5.74, 6) is 0. The normalized spacial score (nSPS) is 10.6. The Balaban J connectivity index is 2.21. The van der Waals surface area contributed by atoms with E-state index in [0.29, 0.717) is 0 Å². The summed E-state index contributed by atoms with van der Waals surface area (Å²) in [6.07, 6.45) is 1.84. The Bertz CT molecular complexity index is 660. The van der Waals surface area contributed by atoms with Crippen LogP contribution in [0.3, 0.4) is 0 Å². The first-order valence-corrected chi connectivity index (χ1v) is 5.62. The predicted octanol–water partition coefficient (Wildman–Crippen LogP) is 3.61. The molecule has 0 saturated carbocycles. The largest absolute Gasteiger partial charge is 0.252 e. The Kier molecular flexibility index (Phi) is 2.33. The van der Waals surface area contributed by atoms with E-state index in [0.717, 1.165) is 27.9 Å². The monoisotopic (exact) mass is 220 g/mol. The Morgan fingerprint density at radius 2 is 1.71 bits per heavy atom. The summed E-state index contributed by atoms with van der Waals surface area (Å²) in [4.78, 5) is 9.14. The van der Waals surface area contributed by atoms with Crippen LogP contribution in [0.1, 0.15) is 5.56 Å². The molecule has 0 fully saturated rings. The van der Waals surface area contributed by atoms with E-state index in [1.165, 1.54) is 0 Å². The third-order valence-corrected chi connectivity index (χ3v) is 2.84. The van der Waals surface area contributed by atoms with Gasteiger partial charge in [-0.1, -0.05) is 42.5 Å². The Labute approximate surface area is 100.0 Å². The molecule has 0 unspecified atom stereocenters. The van der Waals surface area contributed by atoms with E-state index < -0.39 is 0 Å². The molecule has 0 aliphatic heterocycles. The third kappa shape index (κ3) is 1.78. The molecule has 1 heterocycles. The van der Waals surface area contributed by atoms with Crippen LogP contribution in [-0.4, -0.2) is 9.97 Å². The molecular weight excluding hydrogens is 208 g/mol. The molecule has 0 bridgehead atoms. The number of aryl methyl sites for hydroxylation is 1. The summed E-state index contributed by atoms with van der Waals surface area (Å²) in [6, 6.07) is 16.2. The van der Waals surface area contributed by atoms with Crippen LogP contribution in [0.2, 0.25) is 0 Å². The second-order valence-corrected chi connectivity index (χ2v) is 4.06. The van der Waals surface area contributed by atoms with Gasteiger partial charge in [0, 0.05) is 5.56 Å². The lowest BCUT2D eigenvalue weighted by atomic mass is 10.1. The fraction of sp³-hybridized carbons (Fsp3) is 0.0667. The number of aromatic nitrogens is 2. The van der Waals surface area contributed by atoms with E-state index in [1.807, 2.05) is 48.7 Å². The van der Waals surface area contributed by atoms with E-state index in [4.69, 9.17) is 0 Å². The van der Waals surface area contributed by atoms with Gasteiger partial charge in [0.1, 0.15) is 0 Å². The minimum Gasteiger partial charge on any atom is -0.252 e. The number of para-hydroxylation sites is 1. The Hall–Kier alpha value is -2.22. The van der Waals surface area contributed by atoms with Crippen molar-refractivity contribution in [2.45, 2.75) is 6.92 Å². The van der Waals surface area contributed by atoms with Crippen LogP contribution in [0.15, 0.2) is 54.7 Å². The van der Waals surface area contributed by atoms with Gasteiger partial charge in [0.2, 0.25) is 0 Å². The molecular formula is C15H12N2. The Morgan fingerprint density at radius 1 is 0.882 bits per heavy atom.